The molecule has 1 heterocycles. The monoisotopic (exact) mass is 406 g/mol. The average Bonchev–Trinajstić information content (AvgIpc) is 3.15. The lowest BCUT2D eigenvalue weighted by Gasteiger charge is -2.30. The second kappa shape index (κ2) is 9.82. The standard InChI is InChI=1S/C18H26N6O5/c19-14(8-4-10-22-17(20)21)15(25)23-11-5-9-18(23,24(27)28)16(26)29-12-13-6-2-1-3-7-13/h1-3,6-7,14H,4-5,8-12,19H2,(H4,20,21,22)/t14-,18+/m0/s1. The lowest BCUT2D eigenvalue weighted by molar-refractivity contribution is -0.576. The van der Waals surface area contributed by atoms with Gasteiger partial charge in [0.15, 0.2) is 5.96 Å². The number of nitrogens with zero attached hydrogens (tertiary/aromatic N) is 2. The maximum Gasteiger partial charge on any atom is 0.408 e. The van der Waals surface area contributed by atoms with Crippen LogP contribution in [-0.4, -0.2) is 52.5 Å². The van der Waals surface area contributed by atoms with Gasteiger partial charge in [-0.2, -0.15) is 0 Å². The number of hydrogen-bond acceptors (Lipinski definition) is 7. The number of carbonyl (C=O) groups is 2. The van der Waals surface area contributed by atoms with Crippen molar-refractivity contribution >= 4 is 17.8 Å². The van der Waals surface area contributed by atoms with E-state index in [1.54, 1.807) is 30.3 Å². The summed E-state index contributed by atoms with van der Waals surface area (Å²) in [6, 6.07) is 7.77. The Kier molecular flexibility index (Phi) is 7.48. The quantitative estimate of drug-likeness (QED) is 0.110. The van der Waals surface area contributed by atoms with Crippen LogP contribution in [0.2, 0.25) is 0 Å². The second-order valence-electron chi connectivity index (χ2n) is 6.82. The zero-order valence-corrected chi connectivity index (χ0v) is 16.0. The molecule has 0 saturated carbocycles. The third-order valence-electron chi connectivity index (χ3n) is 4.79. The van der Waals surface area contributed by atoms with Crippen molar-refractivity contribution < 1.29 is 19.2 Å². The van der Waals surface area contributed by atoms with E-state index in [1.165, 1.54) is 0 Å². The summed E-state index contributed by atoms with van der Waals surface area (Å²) in [5.74, 6) is -1.93. The van der Waals surface area contributed by atoms with Gasteiger partial charge in [-0.3, -0.25) is 25.2 Å². The van der Waals surface area contributed by atoms with Crippen LogP contribution in [-0.2, 0) is 20.9 Å². The second-order valence-corrected chi connectivity index (χ2v) is 6.82. The van der Waals surface area contributed by atoms with Crippen molar-refractivity contribution in [3.8, 4) is 0 Å². The van der Waals surface area contributed by atoms with Crippen LogP contribution in [0.25, 0.3) is 0 Å². The largest absolute Gasteiger partial charge is 0.454 e. The summed E-state index contributed by atoms with van der Waals surface area (Å²) in [7, 11) is 0. The van der Waals surface area contributed by atoms with Crippen molar-refractivity contribution in [1.82, 2.24) is 10.2 Å². The van der Waals surface area contributed by atoms with E-state index in [1.807, 2.05) is 0 Å². The average molecular weight is 406 g/mol. The first-order chi connectivity index (χ1) is 13.8. The van der Waals surface area contributed by atoms with Gasteiger partial charge in [0.05, 0.1) is 17.4 Å². The number of guanidine groups is 1. The van der Waals surface area contributed by atoms with E-state index in [-0.39, 0.29) is 32.0 Å². The fourth-order valence-electron chi connectivity index (χ4n) is 3.28. The SMILES string of the molecule is N=C(N)NCCC[C@H](N)C(=O)N1CCC[C@]1(C(=O)OCc1ccccc1)[N+](=O)[O-]. The Balaban J connectivity index is 2.07. The molecule has 0 radical (unpaired) electrons. The molecule has 2 rings (SSSR count). The number of hydrogen-bond donors (Lipinski definition) is 4. The number of nitro groups is 1. The van der Waals surface area contributed by atoms with Gasteiger partial charge in [-0.05, 0) is 24.8 Å². The lowest BCUT2D eigenvalue weighted by Crippen LogP contribution is -2.61. The molecule has 6 N–H and O–H groups in total. The van der Waals surface area contributed by atoms with Crippen LogP contribution in [0.15, 0.2) is 30.3 Å². The van der Waals surface area contributed by atoms with E-state index in [0.717, 1.165) is 4.90 Å². The zero-order chi connectivity index (χ0) is 21.4. The van der Waals surface area contributed by atoms with E-state index in [0.29, 0.717) is 24.9 Å². The molecule has 1 saturated heterocycles. The number of benzene rings is 1. The van der Waals surface area contributed by atoms with E-state index >= 15 is 0 Å². The molecule has 1 amide bonds. The Hall–Kier alpha value is -3.21. The molecule has 1 fully saturated rings. The van der Waals surface area contributed by atoms with Crippen LogP contribution in [0.4, 0.5) is 0 Å². The third kappa shape index (κ3) is 5.19. The van der Waals surface area contributed by atoms with Crippen molar-refractivity contribution in [3.63, 3.8) is 0 Å². The number of likely N-dealkylation sites (tertiary alicyclic amines) is 1. The zero-order valence-electron chi connectivity index (χ0n) is 16.0. The molecule has 0 unspecified atom stereocenters. The summed E-state index contributed by atoms with van der Waals surface area (Å²) in [4.78, 5) is 37.5. The van der Waals surface area contributed by atoms with Gasteiger partial charge < -0.3 is 21.5 Å². The van der Waals surface area contributed by atoms with Crippen molar-refractivity contribution in [1.29, 1.82) is 5.41 Å². The molecule has 0 spiro atoms. The molecule has 0 aromatic heterocycles. The number of esters is 1. The molecule has 0 bridgehead atoms. The van der Waals surface area contributed by atoms with Gasteiger partial charge in [0.1, 0.15) is 6.61 Å². The molecule has 1 aliphatic rings. The minimum absolute atomic E-state index is 0.0552. The number of carbonyl (C=O) groups excluding carboxylic acids is 2. The van der Waals surface area contributed by atoms with Crippen LogP contribution in [0.5, 0.6) is 0 Å². The van der Waals surface area contributed by atoms with Gasteiger partial charge in [-0.15, -0.1) is 0 Å². The summed E-state index contributed by atoms with van der Waals surface area (Å²) in [5, 5.41) is 21.5. The molecule has 1 aliphatic heterocycles. The van der Waals surface area contributed by atoms with Gasteiger partial charge in [0.2, 0.25) is 5.91 Å². The number of nitrogens with one attached hydrogen (secondary N) is 2. The molecule has 29 heavy (non-hydrogen) atoms. The normalized spacial score (nSPS) is 19.4. The molecule has 11 heteroatoms. The van der Waals surface area contributed by atoms with E-state index < -0.39 is 28.5 Å². The summed E-state index contributed by atoms with van der Waals surface area (Å²) in [5.41, 5.74) is 9.52. The summed E-state index contributed by atoms with van der Waals surface area (Å²) < 4.78 is 5.20. The predicted octanol–water partition coefficient (Wildman–Crippen LogP) is -0.0842. The lowest BCUT2D eigenvalue weighted by atomic mass is 10.1. The molecular formula is C18H26N6O5. The highest BCUT2D eigenvalue weighted by Gasteiger charge is 2.62. The van der Waals surface area contributed by atoms with Gasteiger partial charge in [-0.25, -0.2) is 4.79 Å². The Morgan fingerprint density at radius 2 is 2.07 bits per heavy atom. The summed E-state index contributed by atoms with van der Waals surface area (Å²) >= 11 is 0. The Bertz CT molecular complexity index is 758. The maximum atomic E-state index is 12.8. The first-order valence-corrected chi connectivity index (χ1v) is 9.29. The third-order valence-corrected chi connectivity index (χ3v) is 4.79. The Morgan fingerprint density at radius 1 is 1.38 bits per heavy atom. The van der Waals surface area contributed by atoms with Crippen LogP contribution in [0, 0.1) is 15.5 Å². The van der Waals surface area contributed by atoms with Gasteiger partial charge in [0.25, 0.3) is 0 Å². The first-order valence-electron chi connectivity index (χ1n) is 9.29. The van der Waals surface area contributed by atoms with Crippen molar-refractivity contribution in [2.45, 2.75) is 44.0 Å². The maximum absolute atomic E-state index is 12.8. The molecule has 2 atom stereocenters. The fraction of sp³-hybridized carbons (Fsp3) is 0.500. The minimum atomic E-state index is -2.26. The van der Waals surface area contributed by atoms with Crippen LogP contribution >= 0.6 is 0 Å². The number of rotatable bonds is 9. The van der Waals surface area contributed by atoms with Crippen molar-refractivity contribution in [2.75, 3.05) is 13.1 Å². The molecule has 0 aliphatic carbocycles. The summed E-state index contributed by atoms with van der Waals surface area (Å²) in [6.45, 7) is 0.273. The highest BCUT2D eigenvalue weighted by Crippen LogP contribution is 2.32. The molecular weight excluding hydrogens is 380 g/mol. The first kappa shape index (κ1) is 22.1. The highest BCUT2D eigenvalue weighted by atomic mass is 16.6. The van der Waals surface area contributed by atoms with Crippen LogP contribution in [0.1, 0.15) is 31.2 Å². The molecule has 1 aromatic carbocycles. The smallest absolute Gasteiger partial charge is 0.408 e. The van der Waals surface area contributed by atoms with Gasteiger partial charge >= 0.3 is 11.6 Å². The predicted molar refractivity (Wildman–Crippen MR) is 104 cm³/mol. The van der Waals surface area contributed by atoms with E-state index in [4.69, 9.17) is 21.6 Å². The number of amides is 1. The van der Waals surface area contributed by atoms with Crippen LogP contribution < -0.4 is 16.8 Å². The highest BCUT2D eigenvalue weighted by molar-refractivity contribution is 5.89. The number of nitrogens with two attached hydrogens (primary N) is 2. The van der Waals surface area contributed by atoms with E-state index in [2.05, 4.69) is 5.32 Å². The molecule has 158 valence electrons. The topological polar surface area (TPSA) is 178 Å². The van der Waals surface area contributed by atoms with Gasteiger partial charge in [0, 0.05) is 13.1 Å². The minimum Gasteiger partial charge on any atom is -0.454 e. The summed E-state index contributed by atoms with van der Waals surface area (Å²) in [6.07, 6.45) is 0.830. The van der Waals surface area contributed by atoms with Gasteiger partial charge in [-0.1, -0.05) is 30.3 Å². The molecule has 11 nitrogen and oxygen atoms in total. The van der Waals surface area contributed by atoms with E-state index in [9.17, 15) is 19.7 Å². The van der Waals surface area contributed by atoms with Crippen molar-refractivity contribution in [3.05, 3.63) is 46.0 Å². The number of ether oxygens (including phenoxy) is 1. The Morgan fingerprint density at radius 3 is 2.69 bits per heavy atom. The van der Waals surface area contributed by atoms with Crippen LogP contribution in [0.3, 0.4) is 0 Å². The Labute approximate surface area is 168 Å². The molecule has 1 aromatic rings. The van der Waals surface area contributed by atoms with Crippen molar-refractivity contribution in [2.24, 2.45) is 11.5 Å². The fourth-order valence-corrected chi connectivity index (χ4v) is 3.28.